The summed E-state index contributed by atoms with van der Waals surface area (Å²) in [7, 11) is 1.54. The zero-order valence-corrected chi connectivity index (χ0v) is 16.5. The van der Waals surface area contributed by atoms with Crippen molar-refractivity contribution in [2.45, 2.75) is 38.6 Å². The Morgan fingerprint density at radius 1 is 1.35 bits per heavy atom. The Hall–Kier alpha value is -1.99. The van der Waals surface area contributed by atoms with Gasteiger partial charge in [0.2, 0.25) is 0 Å². The van der Waals surface area contributed by atoms with Gasteiger partial charge < -0.3 is 14.8 Å². The smallest absolute Gasteiger partial charge is 0.262 e. The van der Waals surface area contributed by atoms with Crippen molar-refractivity contribution in [1.82, 2.24) is 16.2 Å². The standard InChI is InChI=1S/C18H24ClN3O3S/c1-3-25-17-14(19)10-12(11-15(17)24-2)8-9-16(23)21-22-18(26)20-13-6-4-5-7-13/h8-11,13H,3-7H2,1-2H3,(H,21,23)(H2,20,22,26)/b9-8+. The number of hydrazine groups is 1. The molecule has 1 aromatic rings. The maximum atomic E-state index is 11.9. The van der Waals surface area contributed by atoms with E-state index >= 15 is 0 Å². The van der Waals surface area contributed by atoms with Gasteiger partial charge in [0, 0.05) is 12.1 Å². The third-order valence-corrected chi connectivity index (χ3v) is 4.46. The fourth-order valence-electron chi connectivity index (χ4n) is 2.74. The highest BCUT2D eigenvalue weighted by molar-refractivity contribution is 7.80. The lowest BCUT2D eigenvalue weighted by molar-refractivity contribution is -0.116. The molecule has 0 aromatic heterocycles. The number of ether oxygens (including phenoxy) is 2. The van der Waals surface area contributed by atoms with E-state index in [9.17, 15) is 4.79 Å². The molecule has 8 heteroatoms. The first-order valence-electron chi connectivity index (χ1n) is 8.58. The Balaban J connectivity index is 1.88. The van der Waals surface area contributed by atoms with Crippen LogP contribution in [-0.4, -0.2) is 30.8 Å². The molecule has 1 amide bonds. The fraction of sp³-hybridized carbons (Fsp3) is 0.444. The second-order valence-corrected chi connectivity index (χ2v) is 6.68. The van der Waals surface area contributed by atoms with Crippen LogP contribution >= 0.6 is 23.8 Å². The summed E-state index contributed by atoms with van der Waals surface area (Å²) in [5, 5.41) is 4.03. The summed E-state index contributed by atoms with van der Waals surface area (Å²) in [5.74, 6) is 0.673. The van der Waals surface area contributed by atoms with E-state index in [0.717, 1.165) is 18.4 Å². The number of halogens is 1. The van der Waals surface area contributed by atoms with Gasteiger partial charge >= 0.3 is 0 Å². The molecule has 1 fully saturated rings. The number of nitrogens with one attached hydrogen (secondary N) is 3. The predicted molar refractivity (Wildman–Crippen MR) is 107 cm³/mol. The molecule has 0 aliphatic heterocycles. The first-order valence-corrected chi connectivity index (χ1v) is 9.37. The summed E-state index contributed by atoms with van der Waals surface area (Å²) in [4.78, 5) is 11.9. The number of carbonyl (C=O) groups excluding carboxylic acids is 1. The van der Waals surface area contributed by atoms with Gasteiger partial charge in [-0.25, -0.2) is 0 Å². The molecule has 0 spiro atoms. The second kappa shape index (κ2) is 10.2. The molecule has 3 N–H and O–H groups in total. The maximum Gasteiger partial charge on any atom is 0.262 e. The predicted octanol–water partition coefficient (Wildman–Crippen LogP) is 3.20. The summed E-state index contributed by atoms with van der Waals surface area (Å²) >= 11 is 11.4. The highest BCUT2D eigenvalue weighted by atomic mass is 35.5. The number of amides is 1. The number of benzene rings is 1. The van der Waals surface area contributed by atoms with Crippen molar-refractivity contribution in [3.05, 3.63) is 28.8 Å². The van der Waals surface area contributed by atoms with Crippen LogP contribution in [0.2, 0.25) is 5.02 Å². The van der Waals surface area contributed by atoms with Crippen LogP contribution in [0, 0.1) is 0 Å². The largest absolute Gasteiger partial charge is 0.493 e. The van der Waals surface area contributed by atoms with Gasteiger partial charge in [-0.15, -0.1) is 0 Å². The quantitative estimate of drug-likeness (QED) is 0.389. The number of thiocarbonyl (C=S) groups is 1. The fourth-order valence-corrected chi connectivity index (χ4v) is 3.24. The Labute approximate surface area is 164 Å². The molecule has 0 saturated heterocycles. The van der Waals surface area contributed by atoms with Crippen molar-refractivity contribution < 1.29 is 14.3 Å². The molecule has 1 aromatic carbocycles. The van der Waals surface area contributed by atoms with Crippen LogP contribution in [0.3, 0.4) is 0 Å². The first kappa shape index (κ1) is 20.3. The van der Waals surface area contributed by atoms with Gasteiger partial charge in [-0.3, -0.25) is 15.6 Å². The van der Waals surface area contributed by atoms with Gasteiger partial charge in [0.05, 0.1) is 18.7 Å². The van der Waals surface area contributed by atoms with E-state index in [4.69, 9.17) is 33.3 Å². The van der Waals surface area contributed by atoms with E-state index in [0.29, 0.717) is 34.3 Å². The van der Waals surface area contributed by atoms with Crippen molar-refractivity contribution in [2.75, 3.05) is 13.7 Å². The normalized spacial score (nSPS) is 14.3. The minimum atomic E-state index is -0.329. The average Bonchev–Trinajstić information content (AvgIpc) is 3.13. The highest BCUT2D eigenvalue weighted by Gasteiger charge is 2.15. The second-order valence-electron chi connectivity index (χ2n) is 5.87. The zero-order chi connectivity index (χ0) is 18.9. The Bertz CT molecular complexity index is 676. The van der Waals surface area contributed by atoms with Crippen LogP contribution in [0.15, 0.2) is 18.2 Å². The van der Waals surface area contributed by atoms with Crippen LogP contribution < -0.4 is 25.6 Å². The van der Waals surface area contributed by atoms with Crippen molar-refractivity contribution >= 4 is 40.9 Å². The van der Waals surface area contributed by atoms with Gasteiger partial charge in [0.1, 0.15) is 0 Å². The molecule has 0 bridgehead atoms. The van der Waals surface area contributed by atoms with Crippen molar-refractivity contribution in [3.63, 3.8) is 0 Å². The molecule has 0 heterocycles. The molecular formula is C18H24ClN3O3S. The van der Waals surface area contributed by atoms with Gasteiger partial charge in [-0.1, -0.05) is 24.4 Å². The van der Waals surface area contributed by atoms with Gasteiger partial charge in [0.15, 0.2) is 16.6 Å². The summed E-state index contributed by atoms with van der Waals surface area (Å²) in [6, 6.07) is 3.85. The maximum absolute atomic E-state index is 11.9. The highest BCUT2D eigenvalue weighted by Crippen LogP contribution is 2.36. The number of hydrogen-bond donors (Lipinski definition) is 3. The van der Waals surface area contributed by atoms with E-state index in [1.165, 1.54) is 26.0 Å². The van der Waals surface area contributed by atoms with E-state index in [1.54, 1.807) is 18.2 Å². The van der Waals surface area contributed by atoms with Crippen molar-refractivity contribution in [3.8, 4) is 11.5 Å². The third kappa shape index (κ3) is 6.07. The van der Waals surface area contributed by atoms with Crippen LogP contribution in [0.5, 0.6) is 11.5 Å². The zero-order valence-electron chi connectivity index (χ0n) is 14.9. The molecule has 142 valence electrons. The number of hydrogen-bond acceptors (Lipinski definition) is 4. The summed E-state index contributed by atoms with van der Waals surface area (Å²) < 4.78 is 10.8. The van der Waals surface area contributed by atoms with Crippen LogP contribution in [0.25, 0.3) is 6.08 Å². The van der Waals surface area contributed by atoms with Crippen molar-refractivity contribution in [1.29, 1.82) is 0 Å². The molecule has 1 aliphatic carbocycles. The molecule has 0 atom stereocenters. The molecule has 6 nitrogen and oxygen atoms in total. The lowest BCUT2D eigenvalue weighted by atomic mass is 10.2. The minimum Gasteiger partial charge on any atom is -0.493 e. The lowest BCUT2D eigenvalue weighted by Gasteiger charge is -2.15. The Morgan fingerprint density at radius 2 is 2.08 bits per heavy atom. The molecule has 1 saturated carbocycles. The summed E-state index contributed by atoms with van der Waals surface area (Å²) in [5.41, 5.74) is 5.96. The van der Waals surface area contributed by atoms with Gasteiger partial charge in [0.25, 0.3) is 5.91 Å². The molecule has 2 rings (SSSR count). The van der Waals surface area contributed by atoms with Gasteiger partial charge in [-0.05, 0) is 55.8 Å². The van der Waals surface area contributed by atoms with Gasteiger partial charge in [-0.2, -0.15) is 0 Å². The van der Waals surface area contributed by atoms with Crippen LogP contribution in [0.1, 0.15) is 38.2 Å². The molecular weight excluding hydrogens is 374 g/mol. The minimum absolute atomic E-state index is 0.329. The monoisotopic (exact) mass is 397 g/mol. The number of carbonyl (C=O) groups is 1. The summed E-state index contributed by atoms with van der Waals surface area (Å²) in [6.07, 6.45) is 7.66. The van der Waals surface area contributed by atoms with Crippen LogP contribution in [0.4, 0.5) is 0 Å². The Morgan fingerprint density at radius 3 is 2.73 bits per heavy atom. The van der Waals surface area contributed by atoms with E-state index in [-0.39, 0.29) is 5.91 Å². The number of methoxy groups -OCH3 is 1. The number of rotatable bonds is 6. The molecule has 0 unspecified atom stereocenters. The third-order valence-electron chi connectivity index (χ3n) is 3.96. The summed E-state index contributed by atoms with van der Waals surface area (Å²) in [6.45, 7) is 2.35. The van der Waals surface area contributed by atoms with E-state index < -0.39 is 0 Å². The molecule has 0 radical (unpaired) electrons. The SMILES string of the molecule is CCOc1c(Cl)cc(/C=C/C(=O)NNC(=S)NC2CCCC2)cc1OC. The average molecular weight is 398 g/mol. The van der Waals surface area contributed by atoms with Crippen molar-refractivity contribution in [2.24, 2.45) is 0 Å². The molecule has 1 aliphatic rings. The molecule has 26 heavy (non-hydrogen) atoms. The Kier molecular flexibility index (Phi) is 8.00. The van der Waals surface area contributed by atoms with E-state index in [1.807, 2.05) is 6.92 Å². The first-order chi connectivity index (χ1) is 12.5. The van der Waals surface area contributed by atoms with E-state index in [2.05, 4.69) is 16.2 Å². The lowest BCUT2D eigenvalue weighted by Crippen LogP contribution is -2.48. The van der Waals surface area contributed by atoms with Crippen LogP contribution in [-0.2, 0) is 4.79 Å². The topological polar surface area (TPSA) is 71.6 Å².